The summed E-state index contributed by atoms with van der Waals surface area (Å²) in [5.41, 5.74) is 2.23. The van der Waals surface area contributed by atoms with E-state index in [1.54, 1.807) is 31.4 Å². The number of hydrogen-bond acceptors (Lipinski definition) is 6. The van der Waals surface area contributed by atoms with Crippen molar-refractivity contribution in [3.05, 3.63) is 54.1 Å². The van der Waals surface area contributed by atoms with Crippen LogP contribution in [0.1, 0.15) is 23.7 Å². The summed E-state index contributed by atoms with van der Waals surface area (Å²) in [7, 11) is 1.68. The number of rotatable bonds is 8. The third kappa shape index (κ3) is 5.73. The summed E-state index contributed by atoms with van der Waals surface area (Å²) in [6.45, 7) is 5.96. The van der Waals surface area contributed by atoms with Gasteiger partial charge in [0.05, 0.1) is 31.5 Å². The Labute approximate surface area is 177 Å². The number of carbonyl (C=O) groups excluding carboxylic acids is 2. The molecule has 30 heavy (non-hydrogen) atoms. The van der Waals surface area contributed by atoms with Crippen molar-refractivity contribution in [2.45, 2.75) is 13.3 Å². The average molecular weight is 412 g/mol. The molecule has 1 amide bonds. The predicted molar refractivity (Wildman–Crippen MR) is 117 cm³/mol. The summed E-state index contributed by atoms with van der Waals surface area (Å²) >= 11 is 0. The Bertz CT molecular complexity index is 846. The van der Waals surface area contributed by atoms with Crippen molar-refractivity contribution in [3.63, 3.8) is 0 Å². The largest absolute Gasteiger partial charge is 0.495 e. The molecule has 2 aromatic rings. The highest BCUT2D eigenvalue weighted by molar-refractivity contribution is 5.94. The number of ether oxygens (including phenoxy) is 2. The lowest BCUT2D eigenvalue weighted by Gasteiger charge is -2.36. The van der Waals surface area contributed by atoms with Crippen LogP contribution in [0.25, 0.3) is 0 Å². The van der Waals surface area contributed by atoms with Crippen molar-refractivity contribution in [3.8, 4) is 5.75 Å². The Morgan fingerprint density at radius 1 is 1.00 bits per heavy atom. The molecule has 0 radical (unpaired) electrons. The zero-order valence-electron chi connectivity index (χ0n) is 17.6. The topological polar surface area (TPSA) is 71.1 Å². The number of nitrogens with zero attached hydrogens (tertiary/aromatic N) is 2. The molecule has 1 aliphatic heterocycles. The van der Waals surface area contributed by atoms with Gasteiger partial charge in [-0.3, -0.25) is 9.69 Å². The van der Waals surface area contributed by atoms with E-state index in [1.807, 2.05) is 25.1 Å². The fourth-order valence-corrected chi connectivity index (χ4v) is 3.41. The van der Waals surface area contributed by atoms with Crippen LogP contribution in [0.15, 0.2) is 48.5 Å². The van der Waals surface area contributed by atoms with E-state index in [0.717, 1.165) is 44.0 Å². The van der Waals surface area contributed by atoms with Gasteiger partial charge in [0.2, 0.25) is 5.91 Å². The number of nitrogens with one attached hydrogen (secondary N) is 1. The number of benzene rings is 2. The van der Waals surface area contributed by atoms with Gasteiger partial charge >= 0.3 is 5.97 Å². The molecule has 1 N–H and O–H groups in total. The molecular weight excluding hydrogens is 382 g/mol. The van der Waals surface area contributed by atoms with E-state index in [0.29, 0.717) is 24.4 Å². The molecule has 1 saturated heterocycles. The molecule has 0 aromatic heterocycles. The molecule has 0 unspecified atom stereocenters. The van der Waals surface area contributed by atoms with Crippen LogP contribution in [-0.2, 0) is 9.53 Å². The summed E-state index contributed by atoms with van der Waals surface area (Å²) in [6, 6.07) is 14.8. The molecule has 0 saturated carbocycles. The van der Waals surface area contributed by atoms with Crippen molar-refractivity contribution in [1.82, 2.24) is 4.90 Å². The minimum atomic E-state index is -0.345. The molecule has 0 aliphatic carbocycles. The summed E-state index contributed by atoms with van der Waals surface area (Å²) in [4.78, 5) is 28.7. The maximum atomic E-state index is 12.4. The smallest absolute Gasteiger partial charge is 0.338 e. The second-order valence-corrected chi connectivity index (χ2v) is 7.20. The first-order chi connectivity index (χ1) is 14.6. The molecule has 7 heteroatoms. The van der Waals surface area contributed by atoms with Crippen LogP contribution in [0, 0.1) is 0 Å². The molecule has 7 nitrogen and oxygen atoms in total. The van der Waals surface area contributed by atoms with E-state index in [1.165, 1.54) is 0 Å². The number of piperazine rings is 1. The van der Waals surface area contributed by atoms with E-state index in [2.05, 4.69) is 21.2 Å². The van der Waals surface area contributed by atoms with Crippen molar-refractivity contribution < 1.29 is 19.1 Å². The zero-order chi connectivity index (χ0) is 21.3. The van der Waals surface area contributed by atoms with Crippen LogP contribution >= 0.6 is 0 Å². The zero-order valence-corrected chi connectivity index (χ0v) is 17.6. The van der Waals surface area contributed by atoms with E-state index < -0.39 is 0 Å². The van der Waals surface area contributed by atoms with Crippen LogP contribution in [0.3, 0.4) is 0 Å². The molecule has 1 aliphatic rings. The van der Waals surface area contributed by atoms with Crippen LogP contribution in [0.5, 0.6) is 5.75 Å². The van der Waals surface area contributed by atoms with Gasteiger partial charge in [-0.15, -0.1) is 0 Å². The molecule has 1 heterocycles. The van der Waals surface area contributed by atoms with Gasteiger partial charge in [0.15, 0.2) is 0 Å². The van der Waals surface area contributed by atoms with Gasteiger partial charge in [0.1, 0.15) is 5.75 Å². The molecule has 3 rings (SSSR count). The minimum absolute atomic E-state index is 0.0675. The number of carbonyl (C=O) groups is 2. The number of methoxy groups -OCH3 is 1. The Kier molecular flexibility index (Phi) is 7.68. The van der Waals surface area contributed by atoms with Crippen LogP contribution in [0.4, 0.5) is 11.4 Å². The average Bonchev–Trinajstić information content (AvgIpc) is 2.78. The first-order valence-corrected chi connectivity index (χ1v) is 10.3. The quantitative estimate of drug-likeness (QED) is 0.674. The first kappa shape index (κ1) is 21.6. The number of hydrogen-bond donors (Lipinski definition) is 1. The van der Waals surface area contributed by atoms with E-state index in [-0.39, 0.29) is 11.9 Å². The molecule has 1 fully saturated rings. The third-order valence-electron chi connectivity index (χ3n) is 5.01. The van der Waals surface area contributed by atoms with Crippen molar-refractivity contribution in [2.24, 2.45) is 0 Å². The predicted octanol–water partition coefficient (Wildman–Crippen LogP) is 3.02. The standard InChI is InChI=1S/C23H29N3O4/c1-3-16-30-23(28)18-8-10-19(11-9-18)24-22(27)17-25-12-14-26(15-13-25)20-6-4-5-7-21(20)29-2/h4-11H,3,12-17H2,1-2H3,(H,24,27). The lowest BCUT2D eigenvalue weighted by Crippen LogP contribution is -2.48. The number of amides is 1. The van der Waals surface area contributed by atoms with E-state index >= 15 is 0 Å². The van der Waals surface area contributed by atoms with E-state index in [4.69, 9.17) is 9.47 Å². The maximum Gasteiger partial charge on any atom is 0.338 e. The highest BCUT2D eigenvalue weighted by Crippen LogP contribution is 2.28. The van der Waals surface area contributed by atoms with Crippen LogP contribution < -0.4 is 15.0 Å². The van der Waals surface area contributed by atoms with Gasteiger partial charge in [-0.1, -0.05) is 19.1 Å². The lowest BCUT2D eigenvalue weighted by molar-refractivity contribution is -0.117. The van der Waals surface area contributed by atoms with Crippen molar-refractivity contribution in [2.75, 3.05) is 56.7 Å². The number of anilines is 2. The van der Waals surface area contributed by atoms with Gasteiger partial charge in [-0.2, -0.15) is 0 Å². The van der Waals surface area contributed by atoms with Gasteiger partial charge in [0.25, 0.3) is 0 Å². The van der Waals surface area contributed by atoms with Gasteiger partial charge < -0.3 is 19.7 Å². The summed E-state index contributed by atoms with van der Waals surface area (Å²) in [6.07, 6.45) is 0.785. The Balaban J connectivity index is 1.46. The normalized spacial score (nSPS) is 14.3. The number of esters is 1. The summed E-state index contributed by atoms with van der Waals surface area (Å²) in [5.74, 6) is 0.454. The summed E-state index contributed by atoms with van der Waals surface area (Å²) in [5, 5.41) is 2.89. The molecular formula is C23H29N3O4. The Morgan fingerprint density at radius 2 is 1.70 bits per heavy atom. The van der Waals surface area contributed by atoms with Crippen molar-refractivity contribution >= 4 is 23.3 Å². The third-order valence-corrected chi connectivity index (χ3v) is 5.01. The van der Waals surface area contributed by atoms with Gasteiger partial charge in [-0.05, 0) is 42.8 Å². The fourth-order valence-electron chi connectivity index (χ4n) is 3.41. The first-order valence-electron chi connectivity index (χ1n) is 10.3. The second kappa shape index (κ2) is 10.6. The van der Waals surface area contributed by atoms with Gasteiger partial charge in [0, 0.05) is 31.9 Å². The monoisotopic (exact) mass is 411 g/mol. The molecule has 0 spiro atoms. The van der Waals surface area contributed by atoms with Crippen molar-refractivity contribution in [1.29, 1.82) is 0 Å². The molecule has 0 bridgehead atoms. The lowest BCUT2D eigenvalue weighted by atomic mass is 10.2. The fraction of sp³-hybridized carbons (Fsp3) is 0.391. The highest BCUT2D eigenvalue weighted by atomic mass is 16.5. The maximum absolute atomic E-state index is 12.4. The van der Waals surface area contributed by atoms with Crippen LogP contribution in [-0.4, -0.2) is 63.2 Å². The van der Waals surface area contributed by atoms with Crippen LogP contribution in [0.2, 0.25) is 0 Å². The Hall–Kier alpha value is -3.06. The SMILES string of the molecule is CCCOC(=O)c1ccc(NC(=O)CN2CCN(c3ccccc3OC)CC2)cc1. The summed E-state index contributed by atoms with van der Waals surface area (Å²) < 4.78 is 10.6. The minimum Gasteiger partial charge on any atom is -0.495 e. The Morgan fingerprint density at radius 3 is 2.37 bits per heavy atom. The molecule has 160 valence electrons. The van der Waals surface area contributed by atoms with E-state index in [9.17, 15) is 9.59 Å². The van der Waals surface area contributed by atoms with Gasteiger partial charge in [-0.25, -0.2) is 4.79 Å². The molecule has 0 atom stereocenters. The molecule has 2 aromatic carbocycles. The highest BCUT2D eigenvalue weighted by Gasteiger charge is 2.21. The number of para-hydroxylation sites is 2. The second-order valence-electron chi connectivity index (χ2n) is 7.20.